The number of nitrogens with zero attached hydrogens (tertiary/aromatic N) is 6. The van der Waals surface area contributed by atoms with Crippen LogP contribution in [0.4, 0.5) is 0 Å². The Kier molecular flexibility index (Phi) is 10.0. The van der Waals surface area contributed by atoms with E-state index in [2.05, 4.69) is 72.2 Å². The van der Waals surface area contributed by atoms with Gasteiger partial charge in [0.1, 0.15) is 23.7 Å². The zero-order valence-electron chi connectivity index (χ0n) is 34.1. The molecule has 9 heterocycles. The van der Waals surface area contributed by atoms with Crippen molar-refractivity contribution in [3.8, 4) is 23.3 Å². The third-order valence-electron chi connectivity index (χ3n) is 14.3. The van der Waals surface area contributed by atoms with Crippen LogP contribution in [0.25, 0.3) is 32.6 Å². The van der Waals surface area contributed by atoms with Crippen LogP contribution in [0.15, 0.2) is 85.2 Å². The van der Waals surface area contributed by atoms with E-state index in [4.69, 9.17) is 39.1 Å². The fraction of sp³-hybridized carbons (Fsp3) is 0.458. The Morgan fingerprint density at radius 1 is 0.603 bits per heavy atom. The minimum absolute atomic E-state index is 0.180. The Morgan fingerprint density at radius 3 is 1.47 bits per heavy atom. The highest BCUT2D eigenvalue weighted by Crippen LogP contribution is 2.47. The molecule has 6 aliphatic rings. The number of hydrogen-bond donors (Lipinski definition) is 0. The molecule has 58 heavy (non-hydrogen) atoms. The van der Waals surface area contributed by atoms with Crippen molar-refractivity contribution >= 4 is 32.6 Å². The molecule has 10 atom stereocenters. The minimum Gasteiger partial charge on any atom is -0.497 e. The maximum atomic E-state index is 7.30. The summed E-state index contributed by atoms with van der Waals surface area (Å²) < 4.78 is 26.0. The summed E-state index contributed by atoms with van der Waals surface area (Å²) in [5, 5.41) is 13.7. The van der Waals surface area contributed by atoms with Crippen LogP contribution in [-0.4, -0.2) is 82.4 Å². The highest BCUT2D eigenvalue weighted by atomic mass is 16.5. The van der Waals surface area contributed by atoms with E-state index in [-0.39, 0.29) is 24.3 Å². The van der Waals surface area contributed by atoms with Crippen molar-refractivity contribution in [2.24, 2.45) is 23.7 Å². The lowest BCUT2D eigenvalue weighted by Crippen LogP contribution is -2.56. The van der Waals surface area contributed by atoms with Gasteiger partial charge in [0.2, 0.25) is 11.8 Å². The maximum absolute atomic E-state index is 7.30. The van der Waals surface area contributed by atoms with Gasteiger partial charge in [0, 0.05) is 47.4 Å². The molecule has 6 saturated heterocycles. The lowest BCUT2D eigenvalue weighted by atomic mass is 9.72. The Labute approximate surface area is 340 Å². The van der Waals surface area contributed by atoms with Gasteiger partial charge in [0.25, 0.3) is 0 Å². The van der Waals surface area contributed by atoms with E-state index < -0.39 is 0 Å². The average molecular weight is 779 g/mol. The minimum atomic E-state index is -0.300. The largest absolute Gasteiger partial charge is 0.497 e. The van der Waals surface area contributed by atoms with E-state index in [9.17, 15) is 0 Å². The molecule has 0 spiro atoms. The van der Waals surface area contributed by atoms with Gasteiger partial charge < -0.3 is 18.9 Å². The highest BCUT2D eigenvalue weighted by molar-refractivity contribution is 5.91. The number of pyridine rings is 2. The number of fused-ring (bicyclic) bond motifs is 9. The van der Waals surface area contributed by atoms with Gasteiger partial charge in [0.15, 0.2) is 0 Å². The van der Waals surface area contributed by atoms with Crippen LogP contribution in [0.5, 0.6) is 23.3 Å². The topological polar surface area (TPSA) is 95.0 Å². The first-order chi connectivity index (χ1) is 28.5. The molecule has 3 aromatic carbocycles. The molecule has 6 aliphatic heterocycles. The predicted molar refractivity (Wildman–Crippen MR) is 227 cm³/mol. The predicted octanol–water partition coefficient (Wildman–Crippen LogP) is 9.22. The van der Waals surface area contributed by atoms with Crippen molar-refractivity contribution in [1.82, 2.24) is 30.0 Å². The van der Waals surface area contributed by atoms with Gasteiger partial charge in [0.05, 0.1) is 48.1 Å². The normalized spacial score (nSPS) is 27.4. The molecular formula is C48H54N6O4. The van der Waals surface area contributed by atoms with Gasteiger partial charge >= 0.3 is 0 Å². The van der Waals surface area contributed by atoms with E-state index >= 15 is 0 Å². The van der Waals surface area contributed by atoms with E-state index in [1.54, 1.807) is 14.2 Å². The first-order valence-corrected chi connectivity index (χ1v) is 21.5. The molecule has 10 nitrogen and oxygen atoms in total. The Morgan fingerprint density at radius 2 is 1.07 bits per heavy atom. The first-order valence-electron chi connectivity index (χ1n) is 21.5. The second kappa shape index (κ2) is 15.6. The van der Waals surface area contributed by atoms with Crippen LogP contribution < -0.4 is 18.9 Å². The zero-order valence-corrected chi connectivity index (χ0v) is 34.1. The fourth-order valence-electron chi connectivity index (χ4n) is 11.1. The summed E-state index contributed by atoms with van der Waals surface area (Å²) in [4.78, 5) is 14.8. The molecule has 0 aliphatic carbocycles. The number of aromatic nitrogens is 4. The van der Waals surface area contributed by atoms with Crippen molar-refractivity contribution in [1.29, 1.82) is 0 Å². The summed E-state index contributed by atoms with van der Waals surface area (Å²) in [7, 11) is 3.42. The Bertz CT molecular complexity index is 2280. The lowest BCUT2D eigenvalue weighted by Gasteiger charge is -2.52. The van der Waals surface area contributed by atoms with Crippen molar-refractivity contribution < 1.29 is 18.9 Å². The van der Waals surface area contributed by atoms with Crippen LogP contribution in [0.1, 0.15) is 75.7 Å². The van der Waals surface area contributed by atoms with Crippen LogP contribution in [0.2, 0.25) is 0 Å². The molecule has 0 amide bonds. The quantitative estimate of drug-likeness (QED) is 0.120. The van der Waals surface area contributed by atoms with Crippen molar-refractivity contribution in [2.45, 2.75) is 76.7 Å². The van der Waals surface area contributed by atoms with Crippen LogP contribution in [0, 0.1) is 23.7 Å². The summed E-state index contributed by atoms with van der Waals surface area (Å²) in [6.45, 7) is 9.00. The lowest BCUT2D eigenvalue weighted by molar-refractivity contribution is -0.0505. The second-order valence-corrected chi connectivity index (χ2v) is 17.0. The molecule has 4 bridgehead atoms. The van der Waals surface area contributed by atoms with Crippen LogP contribution in [0.3, 0.4) is 0 Å². The number of ether oxygens (including phenoxy) is 4. The summed E-state index contributed by atoms with van der Waals surface area (Å²) in [6, 6.07) is 25.1. The number of hydrogen-bond acceptors (Lipinski definition) is 10. The number of piperidine rings is 6. The average Bonchev–Trinajstić information content (AvgIpc) is 3.29. The number of benzene rings is 3. The molecular weight excluding hydrogens is 725 g/mol. The van der Waals surface area contributed by atoms with Crippen molar-refractivity contribution in [3.63, 3.8) is 0 Å². The monoisotopic (exact) mass is 778 g/mol. The molecule has 0 saturated carbocycles. The summed E-state index contributed by atoms with van der Waals surface area (Å²) in [5.41, 5.74) is 4.01. The zero-order chi connectivity index (χ0) is 39.3. The number of methoxy groups -OCH3 is 2. The molecule has 300 valence electrons. The van der Waals surface area contributed by atoms with E-state index in [0.29, 0.717) is 35.4 Å². The van der Waals surface area contributed by atoms with Gasteiger partial charge in [-0.2, -0.15) is 0 Å². The van der Waals surface area contributed by atoms with Gasteiger partial charge in [-0.05, 0) is 123 Å². The van der Waals surface area contributed by atoms with Crippen LogP contribution in [-0.2, 0) is 0 Å². The second-order valence-electron chi connectivity index (χ2n) is 17.0. The fourth-order valence-corrected chi connectivity index (χ4v) is 11.1. The molecule has 12 rings (SSSR count). The van der Waals surface area contributed by atoms with E-state index in [0.717, 1.165) is 94.2 Å². The standard InChI is InChI=1S/C48H54N6O4/c1-5-29-27-53-21-17-31(29)23-43(53)45(35-15-19-49-41-13-11-33(55-3)25-39(35)41)57-47-37-9-7-8-10-38(37)48(52-51-47)58-46(44-24-32-18-22-54(44)28-30(32)6-2)36-16-20-50-42-14-12-34(56-4)26-40(36)42/h7-16,19-20,25-26,29-32,43-46H,5-6,17-18,21-24,27-28H2,1-4H3/t29-,30-,31+,32+,43-,44-,45-,46-/m1/s1. The molecule has 3 aromatic heterocycles. The van der Waals surface area contributed by atoms with Crippen LogP contribution >= 0.6 is 0 Å². The van der Waals surface area contributed by atoms with Gasteiger partial charge in [-0.3, -0.25) is 19.8 Å². The molecule has 2 unspecified atom stereocenters. The Balaban J connectivity index is 1.06. The van der Waals surface area contributed by atoms with E-state index in [1.807, 2.05) is 36.7 Å². The van der Waals surface area contributed by atoms with E-state index in [1.165, 1.54) is 25.7 Å². The molecule has 10 heteroatoms. The maximum Gasteiger partial charge on any atom is 0.242 e. The molecule has 0 N–H and O–H groups in total. The SMILES string of the molecule is CC[C@@H]1CN2CC[C@H]1C[C@@H]2[C@H](Oc1nnc(O[C@H](c2ccnc3ccc(OC)cc23)[C@H]2C[C@@H]3CCN2C[C@H]3CC)c2ccccc12)c1ccnc2ccc(OC)cc12. The van der Waals surface area contributed by atoms with Gasteiger partial charge in [-0.1, -0.05) is 38.8 Å². The summed E-state index contributed by atoms with van der Waals surface area (Å²) >= 11 is 0. The van der Waals surface area contributed by atoms with Crippen molar-refractivity contribution in [2.75, 3.05) is 40.4 Å². The smallest absolute Gasteiger partial charge is 0.242 e. The molecule has 0 radical (unpaired) electrons. The highest BCUT2D eigenvalue weighted by Gasteiger charge is 2.46. The Hall–Kier alpha value is -5.06. The molecule has 6 fully saturated rings. The summed E-state index contributed by atoms with van der Waals surface area (Å²) in [5.74, 6) is 5.39. The first kappa shape index (κ1) is 37.2. The van der Waals surface area contributed by atoms with Gasteiger partial charge in [-0.15, -0.1) is 10.2 Å². The summed E-state index contributed by atoms with van der Waals surface area (Å²) in [6.07, 6.45) is 10.2. The third-order valence-corrected chi connectivity index (χ3v) is 14.3. The van der Waals surface area contributed by atoms with Gasteiger partial charge in [-0.25, -0.2) is 0 Å². The third kappa shape index (κ3) is 6.58. The molecule has 6 aromatic rings. The van der Waals surface area contributed by atoms with Crippen molar-refractivity contribution in [3.05, 3.63) is 96.3 Å². The number of rotatable bonds is 12.